The third kappa shape index (κ3) is 3.28. The van der Waals surface area contributed by atoms with Crippen LogP contribution in [-0.4, -0.2) is 16.0 Å². The number of benzene rings is 1. The van der Waals surface area contributed by atoms with Gasteiger partial charge in [-0.05, 0) is 37.1 Å². The van der Waals surface area contributed by atoms with Gasteiger partial charge in [-0.3, -0.25) is 0 Å². The Bertz CT molecular complexity index is 599. The maximum absolute atomic E-state index is 5.96. The number of hydrogen-bond acceptors (Lipinski definition) is 4. The number of anilines is 3. The second-order valence-corrected chi connectivity index (χ2v) is 5.25. The van der Waals surface area contributed by atoms with Crippen LogP contribution in [0.5, 0.6) is 0 Å². The molecule has 6 heteroatoms. The molecular weight excluding hydrogens is 283 g/mol. The summed E-state index contributed by atoms with van der Waals surface area (Å²) < 4.78 is 0. The van der Waals surface area contributed by atoms with Crippen molar-refractivity contribution >= 4 is 40.7 Å². The smallest absolute Gasteiger partial charge is 0.229 e. The van der Waals surface area contributed by atoms with Crippen LogP contribution in [0.4, 0.5) is 17.5 Å². The molecular formula is C13H12Cl2N4. The van der Waals surface area contributed by atoms with Crippen LogP contribution in [-0.2, 0) is 0 Å². The fourth-order valence-electron chi connectivity index (χ4n) is 1.64. The van der Waals surface area contributed by atoms with E-state index in [2.05, 4.69) is 20.6 Å². The SMILES string of the molecule is Clc1ccc(Nc2nccc(NC3CC3)n2)cc1Cl. The molecule has 0 bridgehead atoms. The summed E-state index contributed by atoms with van der Waals surface area (Å²) in [5.74, 6) is 1.36. The molecule has 3 rings (SSSR count). The normalized spacial score (nSPS) is 14.2. The summed E-state index contributed by atoms with van der Waals surface area (Å²) in [5.41, 5.74) is 0.804. The number of rotatable bonds is 4. The zero-order valence-corrected chi connectivity index (χ0v) is 11.5. The second-order valence-electron chi connectivity index (χ2n) is 4.44. The molecule has 0 unspecified atom stereocenters. The highest BCUT2D eigenvalue weighted by molar-refractivity contribution is 6.42. The van der Waals surface area contributed by atoms with Crippen LogP contribution in [0, 0.1) is 0 Å². The molecule has 98 valence electrons. The largest absolute Gasteiger partial charge is 0.367 e. The molecule has 0 saturated heterocycles. The number of aromatic nitrogens is 2. The molecule has 1 heterocycles. The molecule has 0 aliphatic heterocycles. The lowest BCUT2D eigenvalue weighted by atomic mass is 10.3. The Kier molecular flexibility index (Phi) is 3.44. The van der Waals surface area contributed by atoms with Crippen molar-refractivity contribution in [2.24, 2.45) is 0 Å². The molecule has 1 fully saturated rings. The lowest BCUT2D eigenvalue weighted by molar-refractivity contribution is 1.08. The van der Waals surface area contributed by atoms with Gasteiger partial charge in [0.05, 0.1) is 10.0 Å². The Morgan fingerprint density at radius 3 is 2.68 bits per heavy atom. The summed E-state index contributed by atoms with van der Waals surface area (Å²) >= 11 is 11.8. The number of nitrogens with zero attached hydrogens (tertiary/aromatic N) is 2. The summed E-state index contributed by atoms with van der Waals surface area (Å²) in [6.07, 6.45) is 4.14. The van der Waals surface area contributed by atoms with Crippen molar-refractivity contribution in [3.05, 3.63) is 40.5 Å². The van der Waals surface area contributed by atoms with Crippen LogP contribution in [0.2, 0.25) is 10.0 Å². The molecule has 1 aliphatic rings. The van der Waals surface area contributed by atoms with Crippen LogP contribution in [0.25, 0.3) is 0 Å². The Balaban J connectivity index is 1.75. The predicted octanol–water partition coefficient (Wildman–Crippen LogP) is 4.10. The Labute approximate surface area is 121 Å². The first-order chi connectivity index (χ1) is 9.20. The standard InChI is InChI=1S/C13H12Cl2N4/c14-10-4-3-9(7-11(10)15)18-13-16-6-5-12(19-13)17-8-1-2-8/h3-8H,1-2H2,(H2,16,17,18,19). The van der Waals surface area contributed by atoms with E-state index in [-0.39, 0.29) is 0 Å². The molecule has 19 heavy (non-hydrogen) atoms. The van der Waals surface area contributed by atoms with E-state index in [0.29, 0.717) is 22.0 Å². The Morgan fingerprint density at radius 1 is 1.11 bits per heavy atom. The summed E-state index contributed by atoms with van der Waals surface area (Å²) in [6.45, 7) is 0. The maximum Gasteiger partial charge on any atom is 0.229 e. The van der Waals surface area contributed by atoms with Gasteiger partial charge in [-0.15, -0.1) is 0 Å². The third-order valence-electron chi connectivity index (χ3n) is 2.76. The minimum atomic E-state index is 0.499. The van der Waals surface area contributed by atoms with Crippen LogP contribution < -0.4 is 10.6 Å². The lowest BCUT2D eigenvalue weighted by Crippen LogP contribution is -2.05. The fraction of sp³-hybridized carbons (Fsp3) is 0.231. The van der Waals surface area contributed by atoms with E-state index in [1.807, 2.05) is 12.1 Å². The van der Waals surface area contributed by atoms with Gasteiger partial charge in [-0.2, -0.15) is 4.98 Å². The maximum atomic E-state index is 5.96. The van der Waals surface area contributed by atoms with Gasteiger partial charge in [-0.1, -0.05) is 23.2 Å². The van der Waals surface area contributed by atoms with Gasteiger partial charge in [0, 0.05) is 17.9 Å². The van der Waals surface area contributed by atoms with Gasteiger partial charge < -0.3 is 10.6 Å². The van der Waals surface area contributed by atoms with Gasteiger partial charge in [-0.25, -0.2) is 4.98 Å². The van der Waals surface area contributed by atoms with Gasteiger partial charge in [0.15, 0.2) is 0 Å². The third-order valence-corrected chi connectivity index (χ3v) is 3.50. The van der Waals surface area contributed by atoms with Crippen molar-refractivity contribution < 1.29 is 0 Å². The van der Waals surface area contributed by atoms with Crippen molar-refractivity contribution in [3.63, 3.8) is 0 Å². The van der Waals surface area contributed by atoms with E-state index in [1.54, 1.807) is 18.3 Å². The summed E-state index contributed by atoms with van der Waals surface area (Å²) in [4.78, 5) is 8.57. The van der Waals surface area contributed by atoms with Crippen molar-refractivity contribution in [2.45, 2.75) is 18.9 Å². The first kappa shape index (κ1) is 12.5. The highest BCUT2D eigenvalue weighted by Crippen LogP contribution is 2.27. The quantitative estimate of drug-likeness (QED) is 0.891. The average Bonchev–Trinajstić information content (AvgIpc) is 3.18. The van der Waals surface area contributed by atoms with E-state index in [1.165, 1.54) is 12.8 Å². The topological polar surface area (TPSA) is 49.8 Å². The average molecular weight is 295 g/mol. The monoisotopic (exact) mass is 294 g/mol. The van der Waals surface area contributed by atoms with Crippen molar-refractivity contribution in [3.8, 4) is 0 Å². The minimum Gasteiger partial charge on any atom is -0.367 e. The number of halogens is 2. The van der Waals surface area contributed by atoms with Crippen LogP contribution in [0.15, 0.2) is 30.5 Å². The van der Waals surface area contributed by atoms with E-state index in [4.69, 9.17) is 23.2 Å². The number of nitrogens with one attached hydrogen (secondary N) is 2. The summed E-state index contributed by atoms with van der Waals surface area (Å²) in [5, 5.41) is 7.45. The van der Waals surface area contributed by atoms with Crippen LogP contribution in [0.3, 0.4) is 0 Å². The Morgan fingerprint density at radius 2 is 1.95 bits per heavy atom. The number of hydrogen-bond donors (Lipinski definition) is 2. The second kappa shape index (κ2) is 5.23. The lowest BCUT2D eigenvalue weighted by Gasteiger charge is -2.08. The minimum absolute atomic E-state index is 0.499. The Hall–Kier alpha value is -1.52. The summed E-state index contributed by atoms with van der Waals surface area (Å²) in [6, 6.07) is 7.73. The van der Waals surface area contributed by atoms with E-state index in [0.717, 1.165) is 11.5 Å². The molecule has 1 aliphatic carbocycles. The van der Waals surface area contributed by atoms with Crippen LogP contribution in [0.1, 0.15) is 12.8 Å². The van der Waals surface area contributed by atoms with E-state index < -0.39 is 0 Å². The van der Waals surface area contributed by atoms with Gasteiger partial charge in [0.2, 0.25) is 5.95 Å². The van der Waals surface area contributed by atoms with Crippen molar-refractivity contribution in [1.29, 1.82) is 0 Å². The molecule has 0 spiro atoms. The first-order valence-corrected chi connectivity index (χ1v) is 6.78. The van der Waals surface area contributed by atoms with Gasteiger partial charge >= 0.3 is 0 Å². The predicted molar refractivity (Wildman–Crippen MR) is 78.4 cm³/mol. The fourth-order valence-corrected chi connectivity index (χ4v) is 1.94. The van der Waals surface area contributed by atoms with Gasteiger partial charge in [0.1, 0.15) is 5.82 Å². The molecule has 2 aromatic rings. The molecule has 0 amide bonds. The molecule has 4 nitrogen and oxygen atoms in total. The van der Waals surface area contributed by atoms with Crippen molar-refractivity contribution in [1.82, 2.24) is 9.97 Å². The molecule has 1 saturated carbocycles. The van der Waals surface area contributed by atoms with E-state index in [9.17, 15) is 0 Å². The zero-order valence-electron chi connectivity index (χ0n) is 10.0. The van der Waals surface area contributed by atoms with Gasteiger partial charge in [0.25, 0.3) is 0 Å². The highest BCUT2D eigenvalue weighted by atomic mass is 35.5. The zero-order chi connectivity index (χ0) is 13.2. The first-order valence-electron chi connectivity index (χ1n) is 6.02. The molecule has 0 atom stereocenters. The molecule has 0 radical (unpaired) electrons. The van der Waals surface area contributed by atoms with Crippen molar-refractivity contribution in [2.75, 3.05) is 10.6 Å². The highest BCUT2D eigenvalue weighted by Gasteiger charge is 2.21. The molecule has 1 aromatic carbocycles. The molecule has 2 N–H and O–H groups in total. The van der Waals surface area contributed by atoms with Crippen LogP contribution >= 0.6 is 23.2 Å². The molecule has 1 aromatic heterocycles. The summed E-state index contributed by atoms with van der Waals surface area (Å²) in [7, 11) is 0. The van der Waals surface area contributed by atoms with E-state index >= 15 is 0 Å².